The third kappa shape index (κ3) is 4.85. The van der Waals surface area contributed by atoms with Crippen molar-refractivity contribution in [1.29, 1.82) is 0 Å². The number of imidazole rings is 1. The zero-order valence-corrected chi connectivity index (χ0v) is 19.5. The molecule has 0 amide bonds. The van der Waals surface area contributed by atoms with E-state index in [-0.39, 0.29) is 18.8 Å². The summed E-state index contributed by atoms with van der Waals surface area (Å²) in [5.74, 6) is 2.15. The van der Waals surface area contributed by atoms with E-state index in [4.69, 9.17) is 18.9 Å². The van der Waals surface area contributed by atoms with Crippen LogP contribution in [0.2, 0.25) is 0 Å². The van der Waals surface area contributed by atoms with Crippen LogP contribution in [0.15, 0.2) is 48.2 Å². The van der Waals surface area contributed by atoms with Gasteiger partial charge in [-0.05, 0) is 36.2 Å². The van der Waals surface area contributed by atoms with Gasteiger partial charge in [-0.15, -0.1) is 0 Å². The Balaban J connectivity index is 1.86. The molecule has 0 atom stereocenters. The van der Waals surface area contributed by atoms with E-state index < -0.39 is 5.97 Å². The number of aryl methyl sites for hydroxylation is 1. The summed E-state index contributed by atoms with van der Waals surface area (Å²) >= 11 is 0. The summed E-state index contributed by atoms with van der Waals surface area (Å²) in [5.41, 5.74) is 2.75. The lowest BCUT2D eigenvalue weighted by Crippen LogP contribution is -2.10. The maximum Gasteiger partial charge on any atom is 0.332 e. The Kier molecular flexibility index (Phi) is 7.06. The van der Waals surface area contributed by atoms with Crippen molar-refractivity contribution >= 4 is 11.5 Å². The van der Waals surface area contributed by atoms with Crippen LogP contribution in [0, 0.1) is 0 Å². The molecule has 3 aromatic rings. The van der Waals surface area contributed by atoms with Gasteiger partial charge in [0.2, 0.25) is 6.79 Å². The van der Waals surface area contributed by atoms with Gasteiger partial charge in [0.05, 0.1) is 31.7 Å². The Bertz CT molecular complexity index is 1210. The minimum Gasteiger partial charge on any atom is -0.497 e. The quantitative estimate of drug-likeness (QED) is 0.422. The minimum absolute atomic E-state index is 0.156. The number of nitrogens with one attached hydrogen (secondary N) is 1. The number of aromatic amines is 1. The number of carboxylic acid groups (broad SMARTS) is 1. The summed E-state index contributed by atoms with van der Waals surface area (Å²) in [6.45, 7) is 2.27. The summed E-state index contributed by atoms with van der Waals surface area (Å²) in [6.07, 6.45) is 4.66. The highest BCUT2D eigenvalue weighted by molar-refractivity contribution is 6.01. The largest absolute Gasteiger partial charge is 0.497 e. The van der Waals surface area contributed by atoms with Gasteiger partial charge in [0.25, 0.3) is 0 Å². The van der Waals surface area contributed by atoms with Crippen molar-refractivity contribution in [3.63, 3.8) is 0 Å². The Hall–Kier alpha value is -3.94. The number of hydrogen-bond acceptors (Lipinski definition) is 6. The average molecular weight is 465 g/mol. The first-order valence-electron chi connectivity index (χ1n) is 11.2. The molecule has 0 saturated heterocycles. The van der Waals surface area contributed by atoms with E-state index in [1.54, 1.807) is 38.6 Å². The molecule has 8 nitrogen and oxygen atoms in total. The molecule has 1 aliphatic heterocycles. The van der Waals surface area contributed by atoms with Crippen LogP contribution in [0.3, 0.4) is 0 Å². The highest BCUT2D eigenvalue weighted by Gasteiger charge is 2.24. The first kappa shape index (κ1) is 23.2. The topological polar surface area (TPSA) is 103 Å². The molecule has 2 heterocycles. The SMILES string of the molecule is CCCCc1ncc(/C(=C(\Cc2ccc3c(c2)OCO3)C(=O)O)c2ccc(OC)cc2OC)[nH]1. The van der Waals surface area contributed by atoms with E-state index >= 15 is 0 Å². The molecule has 178 valence electrons. The summed E-state index contributed by atoms with van der Waals surface area (Å²) < 4.78 is 21.8. The number of hydrogen-bond donors (Lipinski definition) is 2. The van der Waals surface area contributed by atoms with Gasteiger partial charge < -0.3 is 29.0 Å². The normalized spacial score (nSPS) is 12.9. The Morgan fingerprint density at radius 2 is 1.94 bits per heavy atom. The second-order valence-corrected chi connectivity index (χ2v) is 7.94. The fraction of sp³-hybridized carbons (Fsp3) is 0.308. The molecule has 34 heavy (non-hydrogen) atoms. The van der Waals surface area contributed by atoms with Crippen molar-refractivity contribution in [2.45, 2.75) is 32.6 Å². The van der Waals surface area contributed by atoms with Crippen molar-refractivity contribution in [2.24, 2.45) is 0 Å². The lowest BCUT2D eigenvalue weighted by Gasteiger charge is -2.16. The second kappa shape index (κ2) is 10.3. The van der Waals surface area contributed by atoms with Gasteiger partial charge in [0.15, 0.2) is 11.5 Å². The zero-order valence-electron chi connectivity index (χ0n) is 19.5. The maximum absolute atomic E-state index is 12.6. The van der Waals surface area contributed by atoms with Gasteiger partial charge in [-0.1, -0.05) is 19.4 Å². The monoisotopic (exact) mass is 464 g/mol. The number of rotatable bonds is 10. The molecule has 0 aliphatic carbocycles. The Morgan fingerprint density at radius 3 is 2.68 bits per heavy atom. The highest BCUT2D eigenvalue weighted by Crippen LogP contribution is 2.38. The van der Waals surface area contributed by atoms with Crippen LogP contribution < -0.4 is 18.9 Å². The Morgan fingerprint density at radius 1 is 1.12 bits per heavy atom. The second-order valence-electron chi connectivity index (χ2n) is 7.94. The number of aliphatic carboxylic acids is 1. The van der Waals surface area contributed by atoms with Gasteiger partial charge in [0, 0.05) is 30.0 Å². The smallest absolute Gasteiger partial charge is 0.332 e. The Labute approximate surface area is 198 Å². The number of unbranched alkanes of at least 4 members (excludes halogenated alkanes) is 1. The highest BCUT2D eigenvalue weighted by atomic mass is 16.7. The maximum atomic E-state index is 12.6. The number of methoxy groups -OCH3 is 2. The van der Waals surface area contributed by atoms with Crippen molar-refractivity contribution in [1.82, 2.24) is 9.97 Å². The predicted molar refractivity (Wildman–Crippen MR) is 127 cm³/mol. The van der Waals surface area contributed by atoms with E-state index in [1.165, 1.54) is 0 Å². The molecule has 1 aromatic heterocycles. The van der Waals surface area contributed by atoms with E-state index in [2.05, 4.69) is 16.9 Å². The van der Waals surface area contributed by atoms with Crippen LogP contribution in [0.4, 0.5) is 0 Å². The van der Waals surface area contributed by atoms with E-state index in [9.17, 15) is 9.90 Å². The molecular formula is C26H28N2O6. The molecule has 0 bridgehead atoms. The van der Waals surface area contributed by atoms with Crippen molar-refractivity contribution in [2.75, 3.05) is 21.0 Å². The number of carbonyl (C=O) groups is 1. The van der Waals surface area contributed by atoms with Gasteiger partial charge >= 0.3 is 5.97 Å². The molecule has 1 aliphatic rings. The van der Waals surface area contributed by atoms with Crippen molar-refractivity contribution in [3.05, 3.63) is 70.8 Å². The lowest BCUT2D eigenvalue weighted by molar-refractivity contribution is -0.132. The van der Waals surface area contributed by atoms with Crippen molar-refractivity contribution in [3.8, 4) is 23.0 Å². The third-order valence-corrected chi connectivity index (χ3v) is 5.72. The van der Waals surface area contributed by atoms with E-state index in [0.29, 0.717) is 39.8 Å². The zero-order chi connectivity index (χ0) is 24.1. The molecule has 0 spiro atoms. The van der Waals surface area contributed by atoms with E-state index in [0.717, 1.165) is 30.7 Å². The molecule has 0 fully saturated rings. The molecule has 0 saturated carbocycles. The summed E-state index contributed by atoms with van der Waals surface area (Å²) in [4.78, 5) is 20.4. The van der Waals surface area contributed by atoms with Crippen LogP contribution in [-0.2, 0) is 17.6 Å². The number of benzene rings is 2. The fourth-order valence-electron chi connectivity index (χ4n) is 3.96. The number of nitrogens with zero attached hydrogens (tertiary/aromatic N) is 1. The first-order chi connectivity index (χ1) is 16.5. The number of H-pyrrole nitrogens is 1. The van der Waals surface area contributed by atoms with Crippen LogP contribution >= 0.6 is 0 Å². The van der Waals surface area contributed by atoms with Crippen molar-refractivity contribution < 1.29 is 28.8 Å². The van der Waals surface area contributed by atoms with Crippen LogP contribution in [0.25, 0.3) is 5.57 Å². The number of fused-ring (bicyclic) bond motifs is 1. The molecule has 0 radical (unpaired) electrons. The molecular weight excluding hydrogens is 436 g/mol. The van der Waals surface area contributed by atoms with E-state index in [1.807, 2.05) is 18.2 Å². The summed E-state index contributed by atoms with van der Waals surface area (Å²) in [7, 11) is 3.12. The number of carboxylic acids is 1. The van der Waals surface area contributed by atoms with Gasteiger partial charge in [-0.3, -0.25) is 0 Å². The lowest BCUT2D eigenvalue weighted by atomic mass is 9.92. The minimum atomic E-state index is -1.03. The molecule has 0 unspecified atom stereocenters. The van der Waals surface area contributed by atoms with Gasteiger partial charge in [-0.25, -0.2) is 9.78 Å². The standard InChI is InChI=1S/C26H28N2O6/c1-4-5-6-24-27-14-20(28-24)25(18-9-8-17(31-2)13-22(18)32-3)19(26(29)30)11-16-7-10-21-23(12-16)34-15-33-21/h7-10,12-14H,4-6,11,15H2,1-3H3,(H,27,28)(H,29,30)/b25-19+. The van der Waals surface area contributed by atoms with Gasteiger partial charge in [-0.2, -0.15) is 0 Å². The molecule has 8 heteroatoms. The molecule has 4 rings (SSSR count). The van der Waals surface area contributed by atoms with Gasteiger partial charge in [0.1, 0.15) is 17.3 Å². The number of ether oxygens (including phenoxy) is 4. The molecule has 2 N–H and O–H groups in total. The molecule has 2 aromatic carbocycles. The van der Waals surface area contributed by atoms with Crippen LogP contribution in [-0.4, -0.2) is 42.1 Å². The first-order valence-corrected chi connectivity index (χ1v) is 11.2. The summed E-state index contributed by atoms with van der Waals surface area (Å²) in [6, 6.07) is 10.8. The fourth-order valence-corrected chi connectivity index (χ4v) is 3.96. The third-order valence-electron chi connectivity index (χ3n) is 5.72. The summed E-state index contributed by atoms with van der Waals surface area (Å²) in [5, 5.41) is 10.3. The number of aromatic nitrogens is 2. The van der Waals surface area contributed by atoms with Crippen LogP contribution in [0.5, 0.6) is 23.0 Å². The predicted octanol–water partition coefficient (Wildman–Crippen LogP) is 4.63. The van der Waals surface area contributed by atoms with Crippen LogP contribution in [0.1, 0.15) is 42.4 Å². The average Bonchev–Trinajstić information content (AvgIpc) is 3.51.